The first kappa shape index (κ1) is 16.9. The van der Waals surface area contributed by atoms with E-state index in [9.17, 15) is 9.18 Å². The van der Waals surface area contributed by atoms with Gasteiger partial charge in [-0.05, 0) is 25.2 Å². The molecule has 1 aromatic carbocycles. The highest BCUT2D eigenvalue weighted by Gasteiger charge is 2.16. The van der Waals surface area contributed by atoms with Gasteiger partial charge in [0.2, 0.25) is 5.78 Å². The lowest BCUT2D eigenvalue weighted by molar-refractivity contribution is 0.313. The predicted molar refractivity (Wildman–Crippen MR) is 104 cm³/mol. The molecule has 0 spiro atoms. The third kappa shape index (κ3) is 2.91. The van der Waals surface area contributed by atoms with Crippen molar-refractivity contribution in [1.29, 1.82) is 0 Å². The molecule has 0 atom stereocenters. The monoisotopic (exact) mass is 379 g/mol. The Hall–Kier alpha value is -3.26. The maximum Gasteiger partial charge on any atom is 0.345 e. The van der Waals surface area contributed by atoms with Crippen LogP contribution in [0.15, 0.2) is 52.1 Å². The minimum absolute atomic E-state index is 0.321. The first-order chi connectivity index (χ1) is 13.6. The lowest BCUT2D eigenvalue weighted by atomic mass is 10.1. The third-order valence-electron chi connectivity index (χ3n) is 5.14. The molecule has 0 amide bonds. The quantitative estimate of drug-likeness (QED) is 0.498. The van der Waals surface area contributed by atoms with Crippen LogP contribution in [0.4, 0.5) is 10.1 Å². The lowest BCUT2D eigenvalue weighted by Crippen LogP contribution is -2.44. The van der Waals surface area contributed by atoms with E-state index in [-0.39, 0.29) is 0 Å². The highest BCUT2D eigenvalue weighted by atomic mass is 19.1. The summed E-state index contributed by atoms with van der Waals surface area (Å²) in [6.45, 7) is 3.89. The Kier molecular flexibility index (Phi) is 3.87. The predicted octanol–water partition coefficient (Wildman–Crippen LogP) is 2.39. The number of piperazine rings is 1. The van der Waals surface area contributed by atoms with E-state index >= 15 is 0 Å². The first-order valence-corrected chi connectivity index (χ1v) is 9.09. The van der Waals surface area contributed by atoms with Crippen LogP contribution in [0.2, 0.25) is 0 Å². The van der Waals surface area contributed by atoms with Gasteiger partial charge in [0.25, 0.3) is 0 Å². The molecular weight excluding hydrogens is 361 g/mol. The summed E-state index contributed by atoms with van der Waals surface area (Å²) in [6, 6.07) is 7.65. The Balaban J connectivity index is 1.55. The molecule has 5 rings (SSSR count). The van der Waals surface area contributed by atoms with Gasteiger partial charge in [-0.1, -0.05) is 0 Å². The number of rotatable bonds is 2. The number of nitrogens with zero attached hydrogens (tertiary/aromatic N) is 5. The summed E-state index contributed by atoms with van der Waals surface area (Å²) in [4.78, 5) is 25.4. The van der Waals surface area contributed by atoms with Gasteiger partial charge in [0.1, 0.15) is 5.58 Å². The van der Waals surface area contributed by atoms with Crippen LogP contribution in [-0.2, 0) is 0 Å². The number of aromatic nitrogens is 3. The molecule has 0 saturated carbocycles. The van der Waals surface area contributed by atoms with Gasteiger partial charge in [0.15, 0.2) is 5.82 Å². The van der Waals surface area contributed by atoms with Gasteiger partial charge in [0.05, 0.1) is 17.5 Å². The van der Waals surface area contributed by atoms with Crippen LogP contribution in [0.3, 0.4) is 0 Å². The van der Waals surface area contributed by atoms with E-state index in [1.54, 1.807) is 12.3 Å². The van der Waals surface area contributed by atoms with Gasteiger partial charge in [-0.3, -0.25) is 4.40 Å². The molecule has 3 aromatic heterocycles. The van der Waals surface area contributed by atoms with E-state index in [0.717, 1.165) is 43.4 Å². The van der Waals surface area contributed by atoms with Crippen LogP contribution in [0, 0.1) is 5.82 Å². The minimum atomic E-state index is -0.480. The molecule has 28 heavy (non-hydrogen) atoms. The summed E-state index contributed by atoms with van der Waals surface area (Å²) >= 11 is 0. The molecule has 4 aromatic rings. The van der Waals surface area contributed by atoms with Gasteiger partial charge in [-0.25, -0.2) is 19.2 Å². The fraction of sp³-hybridized carbons (Fsp3) is 0.250. The number of likely N-dealkylation sites (N-methyl/N-ethyl adjacent to an activating group) is 1. The van der Waals surface area contributed by atoms with Crippen molar-refractivity contribution in [3.63, 3.8) is 0 Å². The van der Waals surface area contributed by atoms with Crippen molar-refractivity contribution >= 4 is 22.4 Å². The number of benzene rings is 1. The minimum Gasteiger partial charge on any atom is -0.422 e. The molecule has 7 nitrogen and oxygen atoms in total. The van der Waals surface area contributed by atoms with Crippen LogP contribution in [0.5, 0.6) is 0 Å². The average molecular weight is 379 g/mol. The molecule has 0 N–H and O–H groups in total. The zero-order chi connectivity index (χ0) is 19.3. The van der Waals surface area contributed by atoms with E-state index in [2.05, 4.69) is 26.8 Å². The molecule has 0 aliphatic carbocycles. The standard InChI is InChI=1S/C20H18FN5O2/c1-24-4-6-25(7-5-24)15-3-2-13-8-16(19(27)28-18(13)9-15)17-12-26-11-14(21)10-22-20(26)23-17/h2-3,8-12H,4-7H2,1H3. The maximum absolute atomic E-state index is 13.4. The summed E-state index contributed by atoms with van der Waals surface area (Å²) in [7, 11) is 2.11. The van der Waals surface area contributed by atoms with Gasteiger partial charge in [-0.15, -0.1) is 0 Å². The van der Waals surface area contributed by atoms with Crippen molar-refractivity contribution in [2.45, 2.75) is 0 Å². The van der Waals surface area contributed by atoms with E-state index in [4.69, 9.17) is 4.42 Å². The molecule has 1 aliphatic heterocycles. The van der Waals surface area contributed by atoms with Crippen molar-refractivity contribution in [3.05, 3.63) is 59.1 Å². The lowest BCUT2D eigenvalue weighted by Gasteiger charge is -2.34. The summed E-state index contributed by atoms with van der Waals surface area (Å²) in [5, 5.41) is 0.809. The summed E-state index contributed by atoms with van der Waals surface area (Å²) in [6.07, 6.45) is 3.93. The van der Waals surface area contributed by atoms with Crippen molar-refractivity contribution in [2.24, 2.45) is 0 Å². The molecule has 1 aliphatic rings. The molecule has 1 saturated heterocycles. The molecule has 1 fully saturated rings. The van der Waals surface area contributed by atoms with Gasteiger partial charge >= 0.3 is 5.63 Å². The highest BCUT2D eigenvalue weighted by Crippen LogP contribution is 2.25. The normalized spacial score (nSPS) is 15.6. The molecule has 0 radical (unpaired) electrons. The molecule has 8 heteroatoms. The number of hydrogen-bond donors (Lipinski definition) is 0. The van der Waals surface area contributed by atoms with Crippen molar-refractivity contribution in [3.8, 4) is 11.3 Å². The summed E-state index contributed by atoms with van der Waals surface area (Å²) in [5.74, 6) is -0.153. The Bertz CT molecular complexity index is 1240. The van der Waals surface area contributed by atoms with Crippen molar-refractivity contribution in [2.75, 3.05) is 38.1 Å². The number of halogens is 1. The fourth-order valence-electron chi connectivity index (χ4n) is 3.53. The summed E-state index contributed by atoms with van der Waals surface area (Å²) in [5.41, 5.74) is 1.83. The van der Waals surface area contributed by atoms with E-state index in [0.29, 0.717) is 22.6 Å². The van der Waals surface area contributed by atoms with Crippen LogP contribution >= 0.6 is 0 Å². The topological polar surface area (TPSA) is 66.9 Å². The largest absolute Gasteiger partial charge is 0.422 e. The maximum atomic E-state index is 13.4. The zero-order valence-electron chi connectivity index (χ0n) is 15.3. The van der Waals surface area contributed by atoms with Crippen LogP contribution in [-0.4, -0.2) is 52.5 Å². The molecule has 0 unspecified atom stereocenters. The Morgan fingerprint density at radius 3 is 2.75 bits per heavy atom. The number of anilines is 1. The Morgan fingerprint density at radius 2 is 1.93 bits per heavy atom. The van der Waals surface area contributed by atoms with E-state index in [1.807, 2.05) is 18.2 Å². The summed E-state index contributed by atoms with van der Waals surface area (Å²) < 4.78 is 20.4. The third-order valence-corrected chi connectivity index (χ3v) is 5.14. The van der Waals surface area contributed by atoms with Gasteiger partial charge in [-0.2, -0.15) is 0 Å². The second-order valence-electron chi connectivity index (χ2n) is 7.07. The van der Waals surface area contributed by atoms with Gasteiger partial charge < -0.3 is 14.2 Å². The average Bonchev–Trinajstić information content (AvgIpc) is 3.10. The second kappa shape index (κ2) is 6.42. The molecule has 4 heterocycles. The Labute approximate surface area is 159 Å². The fourth-order valence-corrected chi connectivity index (χ4v) is 3.53. The van der Waals surface area contributed by atoms with E-state index in [1.165, 1.54) is 10.6 Å². The molecular formula is C20H18FN5O2. The van der Waals surface area contributed by atoms with Crippen LogP contribution < -0.4 is 10.5 Å². The van der Waals surface area contributed by atoms with Crippen molar-refractivity contribution in [1.82, 2.24) is 19.3 Å². The highest BCUT2D eigenvalue weighted by molar-refractivity contribution is 5.84. The number of fused-ring (bicyclic) bond motifs is 2. The number of hydrogen-bond acceptors (Lipinski definition) is 6. The van der Waals surface area contributed by atoms with Crippen LogP contribution in [0.1, 0.15) is 0 Å². The smallest absolute Gasteiger partial charge is 0.345 e. The van der Waals surface area contributed by atoms with Gasteiger partial charge in [0, 0.05) is 55.7 Å². The van der Waals surface area contributed by atoms with E-state index < -0.39 is 11.4 Å². The van der Waals surface area contributed by atoms with Crippen molar-refractivity contribution < 1.29 is 8.81 Å². The second-order valence-corrected chi connectivity index (χ2v) is 7.07. The SMILES string of the molecule is CN1CCN(c2ccc3cc(-c4cn5cc(F)cnc5n4)c(=O)oc3c2)CC1. The van der Waals surface area contributed by atoms with Crippen LogP contribution in [0.25, 0.3) is 28.0 Å². The molecule has 0 bridgehead atoms. The number of imidazole rings is 1. The Morgan fingerprint density at radius 1 is 1.11 bits per heavy atom. The molecule has 142 valence electrons. The zero-order valence-corrected chi connectivity index (χ0v) is 15.3. The first-order valence-electron chi connectivity index (χ1n) is 9.09.